The highest BCUT2D eigenvalue weighted by molar-refractivity contribution is 7.89. The minimum absolute atomic E-state index is 0.0545. The van der Waals surface area contributed by atoms with E-state index in [4.69, 9.17) is 11.6 Å². The molecule has 0 aromatic heterocycles. The van der Waals surface area contributed by atoms with Crippen molar-refractivity contribution in [1.29, 1.82) is 0 Å². The number of benzene rings is 2. The zero-order chi connectivity index (χ0) is 21.9. The molecule has 11 heteroatoms. The molecule has 1 saturated heterocycles. The smallest absolute Gasteiger partial charge is 0.325 e. The van der Waals surface area contributed by atoms with Crippen molar-refractivity contribution in [2.24, 2.45) is 0 Å². The maximum Gasteiger partial charge on any atom is 0.418 e. The Morgan fingerprint density at radius 3 is 2.27 bits per heavy atom. The van der Waals surface area contributed by atoms with Gasteiger partial charge in [0.05, 0.1) is 42.3 Å². The molecule has 1 aliphatic rings. The maximum atomic E-state index is 13.0. The predicted molar refractivity (Wildman–Crippen MR) is 106 cm³/mol. The standard InChI is InChI=1S/C19H19ClF3N3O3S/c20-14-5-7-15(8-6-14)30(28,29)26-11-9-25(10-12-26)13-18(27)24-17-4-2-1-3-16(17)19(21,22)23/h1-8H,9-13H2,(H,24,27)/p+1. The molecule has 2 aromatic rings. The summed E-state index contributed by atoms with van der Waals surface area (Å²) in [6.07, 6.45) is -4.57. The molecule has 3 rings (SSSR count). The Labute approximate surface area is 177 Å². The fraction of sp³-hybridized carbons (Fsp3) is 0.316. The van der Waals surface area contributed by atoms with E-state index in [1.54, 1.807) is 0 Å². The maximum absolute atomic E-state index is 13.0. The van der Waals surface area contributed by atoms with Crippen molar-refractivity contribution < 1.29 is 31.3 Å². The van der Waals surface area contributed by atoms with Crippen LogP contribution in [0.1, 0.15) is 5.56 Å². The number of sulfonamides is 1. The zero-order valence-electron chi connectivity index (χ0n) is 15.7. The molecule has 30 heavy (non-hydrogen) atoms. The molecule has 0 unspecified atom stereocenters. The van der Waals surface area contributed by atoms with E-state index < -0.39 is 27.7 Å². The van der Waals surface area contributed by atoms with Crippen molar-refractivity contribution in [3.05, 3.63) is 59.1 Å². The van der Waals surface area contributed by atoms with Crippen molar-refractivity contribution >= 4 is 33.2 Å². The monoisotopic (exact) mass is 462 g/mol. The molecule has 0 atom stereocenters. The van der Waals surface area contributed by atoms with Gasteiger partial charge in [0.15, 0.2) is 6.54 Å². The van der Waals surface area contributed by atoms with Gasteiger partial charge < -0.3 is 10.2 Å². The van der Waals surface area contributed by atoms with Crippen LogP contribution in [-0.2, 0) is 21.0 Å². The highest BCUT2D eigenvalue weighted by Gasteiger charge is 2.34. The number of para-hydroxylation sites is 1. The Morgan fingerprint density at radius 2 is 1.67 bits per heavy atom. The highest BCUT2D eigenvalue weighted by atomic mass is 35.5. The summed E-state index contributed by atoms with van der Waals surface area (Å²) in [5, 5.41) is 2.74. The number of anilines is 1. The Morgan fingerprint density at radius 1 is 1.07 bits per heavy atom. The number of quaternary nitrogens is 1. The van der Waals surface area contributed by atoms with Gasteiger partial charge in [0.25, 0.3) is 5.91 Å². The first kappa shape index (κ1) is 22.5. The van der Waals surface area contributed by atoms with E-state index in [0.29, 0.717) is 18.1 Å². The second-order valence-corrected chi connectivity index (χ2v) is 9.25. The van der Waals surface area contributed by atoms with Crippen molar-refractivity contribution in [3.8, 4) is 0 Å². The summed E-state index contributed by atoms with van der Waals surface area (Å²) in [6.45, 7) is 1.07. The molecule has 1 aliphatic heterocycles. The van der Waals surface area contributed by atoms with Crippen LogP contribution in [-0.4, -0.2) is 51.4 Å². The van der Waals surface area contributed by atoms with Crippen molar-refractivity contribution in [2.75, 3.05) is 38.0 Å². The van der Waals surface area contributed by atoms with Crippen molar-refractivity contribution in [2.45, 2.75) is 11.1 Å². The quantitative estimate of drug-likeness (QED) is 0.713. The van der Waals surface area contributed by atoms with E-state index in [-0.39, 0.29) is 30.2 Å². The van der Waals surface area contributed by atoms with Gasteiger partial charge >= 0.3 is 6.18 Å². The minimum Gasteiger partial charge on any atom is -0.325 e. The van der Waals surface area contributed by atoms with E-state index in [9.17, 15) is 26.4 Å². The molecule has 0 spiro atoms. The van der Waals surface area contributed by atoms with E-state index in [1.807, 2.05) is 0 Å². The van der Waals surface area contributed by atoms with Gasteiger partial charge in [-0.25, -0.2) is 8.42 Å². The SMILES string of the molecule is O=C(C[NH+]1CCN(S(=O)(=O)c2ccc(Cl)cc2)CC1)Nc1ccccc1C(F)(F)F. The fourth-order valence-electron chi connectivity index (χ4n) is 3.24. The molecule has 2 N–H and O–H groups in total. The first-order valence-corrected chi connectivity index (χ1v) is 10.9. The van der Waals surface area contributed by atoms with Gasteiger partial charge in [-0.3, -0.25) is 4.79 Å². The summed E-state index contributed by atoms with van der Waals surface area (Å²) in [4.78, 5) is 13.2. The first-order chi connectivity index (χ1) is 14.1. The van der Waals surface area contributed by atoms with Crippen LogP contribution in [0.15, 0.2) is 53.4 Å². The van der Waals surface area contributed by atoms with Crippen LogP contribution in [0.5, 0.6) is 0 Å². The summed E-state index contributed by atoms with van der Waals surface area (Å²) >= 11 is 5.80. The number of amides is 1. The number of hydrogen-bond acceptors (Lipinski definition) is 3. The van der Waals surface area contributed by atoms with E-state index in [0.717, 1.165) is 11.0 Å². The van der Waals surface area contributed by atoms with Crippen LogP contribution in [0.3, 0.4) is 0 Å². The number of nitrogens with one attached hydrogen (secondary N) is 2. The lowest BCUT2D eigenvalue weighted by Crippen LogP contribution is -3.15. The van der Waals surface area contributed by atoms with Crippen LogP contribution in [0.4, 0.5) is 18.9 Å². The molecule has 0 saturated carbocycles. The Hall–Kier alpha value is -2.14. The van der Waals surface area contributed by atoms with Crippen molar-refractivity contribution in [3.63, 3.8) is 0 Å². The fourth-order valence-corrected chi connectivity index (χ4v) is 4.80. The molecule has 0 radical (unpaired) electrons. The number of hydrogen-bond donors (Lipinski definition) is 2. The number of halogens is 4. The third-order valence-corrected chi connectivity index (χ3v) is 6.96. The second kappa shape index (κ2) is 8.93. The van der Waals surface area contributed by atoms with Gasteiger partial charge in [-0.1, -0.05) is 23.7 Å². The average molecular weight is 463 g/mol. The number of nitrogens with zero attached hydrogens (tertiary/aromatic N) is 1. The molecule has 1 fully saturated rings. The number of piperazine rings is 1. The summed E-state index contributed by atoms with van der Waals surface area (Å²) in [7, 11) is -3.67. The van der Waals surface area contributed by atoms with Crippen LogP contribution in [0.2, 0.25) is 5.02 Å². The van der Waals surface area contributed by atoms with Crippen LogP contribution < -0.4 is 10.2 Å². The minimum atomic E-state index is -4.57. The summed E-state index contributed by atoms with van der Waals surface area (Å²) in [6, 6.07) is 10.6. The zero-order valence-corrected chi connectivity index (χ0v) is 17.3. The lowest BCUT2D eigenvalue weighted by atomic mass is 10.1. The number of carbonyl (C=O) groups is 1. The lowest BCUT2D eigenvalue weighted by Gasteiger charge is -2.31. The van der Waals surface area contributed by atoms with E-state index in [1.165, 1.54) is 46.8 Å². The van der Waals surface area contributed by atoms with Crippen LogP contribution >= 0.6 is 11.6 Å². The molecular weight excluding hydrogens is 443 g/mol. The summed E-state index contributed by atoms with van der Waals surface area (Å²) in [5.41, 5.74) is -1.20. The van der Waals surface area contributed by atoms with E-state index in [2.05, 4.69) is 5.32 Å². The molecule has 1 amide bonds. The van der Waals surface area contributed by atoms with Crippen LogP contribution in [0, 0.1) is 0 Å². The van der Waals surface area contributed by atoms with Gasteiger partial charge in [-0.2, -0.15) is 17.5 Å². The average Bonchev–Trinajstić information content (AvgIpc) is 2.68. The van der Waals surface area contributed by atoms with Gasteiger partial charge in [-0.05, 0) is 36.4 Å². The molecule has 6 nitrogen and oxygen atoms in total. The Bertz CT molecular complexity index is 1010. The van der Waals surface area contributed by atoms with Crippen molar-refractivity contribution in [1.82, 2.24) is 4.31 Å². The Balaban J connectivity index is 1.57. The van der Waals surface area contributed by atoms with Gasteiger partial charge in [0.2, 0.25) is 10.0 Å². The molecule has 0 bridgehead atoms. The topological polar surface area (TPSA) is 70.9 Å². The largest absolute Gasteiger partial charge is 0.418 e. The molecular formula is C19H20ClF3N3O3S+. The normalized spacial score (nSPS) is 16.4. The molecule has 0 aliphatic carbocycles. The molecule has 162 valence electrons. The third-order valence-electron chi connectivity index (χ3n) is 4.80. The molecule has 1 heterocycles. The van der Waals surface area contributed by atoms with Gasteiger partial charge in [0.1, 0.15) is 0 Å². The van der Waals surface area contributed by atoms with Gasteiger partial charge in [0, 0.05) is 5.02 Å². The number of alkyl halides is 3. The van der Waals surface area contributed by atoms with E-state index >= 15 is 0 Å². The summed E-state index contributed by atoms with van der Waals surface area (Å²) in [5.74, 6) is -0.560. The molecule has 2 aromatic carbocycles. The van der Waals surface area contributed by atoms with Gasteiger partial charge in [-0.15, -0.1) is 0 Å². The predicted octanol–water partition coefficient (Wildman–Crippen LogP) is 1.89. The van der Waals surface area contributed by atoms with Crippen LogP contribution in [0.25, 0.3) is 0 Å². The lowest BCUT2D eigenvalue weighted by molar-refractivity contribution is -0.895. The number of rotatable bonds is 5. The Kier molecular flexibility index (Phi) is 6.71. The first-order valence-electron chi connectivity index (χ1n) is 9.13. The second-order valence-electron chi connectivity index (χ2n) is 6.88. The number of carbonyl (C=O) groups excluding carboxylic acids is 1. The highest BCUT2D eigenvalue weighted by Crippen LogP contribution is 2.34. The third kappa shape index (κ3) is 5.31. The summed E-state index contributed by atoms with van der Waals surface area (Å²) < 4.78 is 65.8.